The summed E-state index contributed by atoms with van der Waals surface area (Å²) in [6.45, 7) is 5.58. The molecule has 12 heavy (non-hydrogen) atoms. The maximum absolute atomic E-state index is 3.48. The molecule has 1 nitrogen and oxygen atoms in total. The van der Waals surface area contributed by atoms with Crippen molar-refractivity contribution < 1.29 is 0 Å². The van der Waals surface area contributed by atoms with Crippen molar-refractivity contribution in [1.29, 1.82) is 0 Å². The van der Waals surface area contributed by atoms with Gasteiger partial charge in [-0.2, -0.15) is 0 Å². The quantitative estimate of drug-likeness (QED) is 0.616. The number of hydrogen-bond acceptors (Lipinski definition) is 1. The second-order valence-corrected chi connectivity index (χ2v) is 3.80. The summed E-state index contributed by atoms with van der Waals surface area (Å²) in [6.07, 6.45) is 1.23. The van der Waals surface area contributed by atoms with Gasteiger partial charge in [0.2, 0.25) is 0 Å². The highest BCUT2D eigenvalue weighted by molar-refractivity contribution is 5.58. The minimum atomic E-state index is 0.777. The maximum atomic E-state index is 3.48. The SMILES string of the molecule is Cc1cccc2c1NC[C@H](C)C2. The molecule has 2 rings (SSSR count). The number of benzene rings is 1. The number of para-hydroxylation sites is 1. The van der Waals surface area contributed by atoms with E-state index in [2.05, 4.69) is 37.4 Å². The lowest BCUT2D eigenvalue weighted by atomic mass is 9.94. The summed E-state index contributed by atoms with van der Waals surface area (Å²) >= 11 is 0. The molecule has 0 amide bonds. The molecule has 1 aliphatic rings. The summed E-state index contributed by atoms with van der Waals surface area (Å²) in [5.74, 6) is 0.777. The minimum Gasteiger partial charge on any atom is -0.384 e. The highest BCUT2D eigenvalue weighted by atomic mass is 14.9. The highest BCUT2D eigenvalue weighted by Gasteiger charge is 2.14. The molecular weight excluding hydrogens is 146 g/mol. The molecule has 1 atom stereocenters. The first kappa shape index (κ1) is 7.66. The van der Waals surface area contributed by atoms with Gasteiger partial charge in [-0.3, -0.25) is 0 Å². The van der Waals surface area contributed by atoms with Gasteiger partial charge in [-0.05, 0) is 30.4 Å². The molecule has 0 aliphatic carbocycles. The lowest BCUT2D eigenvalue weighted by Gasteiger charge is -2.24. The number of anilines is 1. The van der Waals surface area contributed by atoms with Gasteiger partial charge >= 0.3 is 0 Å². The van der Waals surface area contributed by atoms with Gasteiger partial charge in [0.05, 0.1) is 0 Å². The first-order chi connectivity index (χ1) is 5.77. The fourth-order valence-corrected chi connectivity index (χ4v) is 1.88. The molecule has 1 heteroatoms. The summed E-state index contributed by atoms with van der Waals surface area (Å²) in [5, 5.41) is 3.48. The second kappa shape index (κ2) is 2.81. The third kappa shape index (κ3) is 1.20. The molecule has 1 heterocycles. The zero-order chi connectivity index (χ0) is 8.55. The molecule has 0 saturated heterocycles. The topological polar surface area (TPSA) is 12.0 Å². The maximum Gasteiger partial charge on any atom is 0.0402 e. The van der Waals surface area contributed by atoms with Gasteiger partial charge in [-0.25, -0.2) is 0 Å². The average Bonchev–Trinajstić information content (AvgIpc) is 2.04. The zero-order valence-electron chi connectivity index (χ0n) is 7.72. The third-order valence-electron chi connectivity index (χ3n) is 2.55. The Kier molecular flexibility index (Phi) is 1.80. The van der Waals surface area contributed by atoms with Crippen LogP contribution in [0.1, 0.15) is 18.1 Å². The van der Waals surface area contributed by atoms with E-state index in [0.29, 0.717) is 0 Å². The normalized spacial score (nSPS) is 21.3. The second-order valence-electron chi connectivity index (χ2n) is 3.80. The Bertz CT molecular complexity index is 291. The van der Waals surface area contributed by atoms with Crippen LogP contribution in [0.4, 0.5) is 5.69 Å². The van der Waals surface area contributed by atoms with Gasteiger partial charge in [0.15, 0.2) is 0 Å². The number of rotatable bonds is 0. The first-order valence-electron chi connectivity index (χ1n) is 4.59. The van der Waals surface area contributed by atoms with Gasteiger partial charge < -0.3 is 5.32 Å². The zero-order valence-corrected chi connectivity index (χ0v) is 7.72. The van der Waals surface area contributed by atoms with Gasteiger partial charge in [0.1, 0.15) is 0 Å². The van der Waals surface area contributed by atoms with Gasteiger partial charge in [0.25, 0.3) is 0 Å². The fourth-order valence-electron chi connectivity index (χ4n) is 1.88. The van der Waals surface area contributed by atoms with E-state index in [1.807, 2.05) is 0 Å². The summed E-state index contributed by atoms with van der Waals surface area (Å²) in [7, 11) is 0. The van der Waals surface area contributed by atoms with Crippen molar-refractivity contribution in [3.05, 3.63) is 29.3 Å². The predicted molar refractivity (Wildman–Crippen MR) is 52.5 cm³/mol. The van der Waals surface area contributed by atoms with Crippen LogP contribution in [0.2, 0.25) is 0 Å². The van der Waals surface area contributed by atoms with Crippen LogP contribution < -0.4 is 5.32 Å². The van der Waals surface area contributed by atoms with Crippen LogP contribution in [-0.4, -0.2) is 6.54 Å². The Morgan fingerprint density at radius 2 is 2.25 bits per heavy atom. The van der Waals surface area contributed by atoms with E-state index in [-0.39, 0.29) is 0 Å². The Hall–Kier alpha value is -0.980. The van der Waals surface area contributed by atoms with Crippen molar-refractivity contribution in [3.63, 3.8) is 0 Å². The molecule has 0 bridgehead atoms. The Morgan fingerprint density at radius 1 is 1.42 bits per heavy atom. The van der Waals surface area contributed by atoms with Crippen molar-refractivity contribution in [2.24, 2.45) is 5.92 Å². The number of hydrogen-bond donors (Lipinski definition) is 1. The molecule has 1 N–H and O–H groups in total. The molecule has 1 aromatic carbocycles. The summed E-state index contributed by atoms with van der Waals surface area (Å²) < 4.78 is 0. The van der Waals surface area contributed by atoms with Crippen LogP contribution in [-0.2, 0) is 6.42 Å². The lowest BCUT2D eigenvalue weighted by molar-refractivity contribution is 0.594. The van der Waals surface area contributed by atoms with E-state index < -0.39 is 0 Å². The van der Waals surface area contributed by atoms with Crippen molar-refractivity contribution in [3.8, 4) is 0 Å². The lowest BCUT2D eigenvalue weighted by Crippen LogP contribution is -2.21. The molecule has 64 valence electrons. The predicted octanol–water partition coefficient (Wildman–Crippen LogP) is 2.60. The number of nitrogens with one attached hydrogen (secondary N) is 1. The summed E-state index contributed by atoms with van der Waals surface area (Å²) in [6, 6.07) is 6.54. The minimum absolute atomic E-state index is 0.777. The Labute approximate surface area is 73.8 Å². The molecule has 0 aromatic heterocycles. The van der Waals surface area contributed by atoms with Crippen LogP contribution in [0.5, 0.6) is 0 Å². The first-order valence-corrected chi connectivity index (χ1v) is 4.59. The monoisotopic (exact) mass is 161 g/mol. The molecule has 0 saturated carbocycles. The molecule has 0 radical (unpaired) electrons. The highest BCUT2D eigenvalue weighted by Crippen LogP contribution is 2.27. The van der Waals surface area contributed by atoms with E-state index in [4.69, 9.17) is 0 Å². The molecule has 1 aliphatic heterocycles. The summed E-state index contributed by atoms with van der Waals surface area (Å²) in [4.78, 5) is 0. The molecule has 0 unspecified atom stereocenters. The van der Waals surface area contributed by atoms with Crippen molar-refractivity contribution in [2.45, 2.75) is 20.3 Å². The van der Waals surface area contributed by atoms with Gasteiger partial charge in [0, 0.05) is 12.2 Å². The smallest absolute Gasteiger partial charge is 0.0402 e. The summed E-state index contributed by atoms with van der Waals surface area (Å²) in [5.41, 5.74) is 4.23. The van der Waals surface area contributed by atoms with E-state index >= 15 is 0 Å². The van der Waals surface area contributed by atoms with Crippen molar-refractivity contribution in [2.75, 3.05) is 11.9 Å². The van der Waals surface area contributed by atoms with Crippen LogP contribution in [0.25, 0.3) is 0 Å². The van der Waals surface area contributed by atoms with Gasteiger partial charge in [-0.15, -0.1) is 0 Å². The molecule has 0 spiro atoms. The van der Waals surface area contributed by atoms with Crippen molar-refractivity contribution >= 4 is 5.69 Å². The fraction of sp³-hybridized carbons (Fsp3) is 0.455. The van der Waals surface area contributed by atoms with E-state index in [0.717, 1.165) is 12.5 Å². The van der Waals surface area contributed by atoms with Gasteiger partial charge in [-0.1, -0.05) is 25.1 Å². The number of fused-ring (bicyclic) bond motifs is 1. The van der Waals surface area contributed by atoms with E-state index in [1.54, 1.807) is 0 Å². The Balaban J connectivity index is 2.42. The Morgan fingerprint density at radius 3 is 3.08 bits per heavy atom. The number of aryl methyl sites for hydroxylation is 1. The third-order valence-corrected chi connectivity index (χ3v) is 2.55. The van der Waals surface area contributed by atoms with Crippen LogP contribution in [0.3, 0.4) is 0 Å². The molecule has 1 aromatic rings. The molecular formula is C11H15N. The van der Waals surface area contributed by atoms with Crippen LogP contribution in [0, 0.1) is 12.8 Å². The van der Waals surface area contributed by atoms with Crippen molar-refractivity contribution in [1.82, 2.24) is 0 Å². The average molecular weight is 161 g/mol. The van der Waals surface area contributed by atoms with Crippen LogP contribution >= 0.6 is 0 Å². The van der Waals surface area contributed by atoms with Crippen LogP contribution in [0.15, 0.2) is 18.2 Å². The largest absolute Gasteiger partial charge is 0.384 e. The van der Waals surface area contributed by atoms with E-state index in [1.165, 1.54) is 23.2 Å². The standard InChI is InChI=1S/C11H15N/c1-8-6-10-5-3-4-9(2)11(10)12-7-8/h3-5,8,12H,6-7H2,1-2H3/t8-/m1/s1. The van der Waals surface area contributed by atoms with E-state index in [9.17, 15) is 0 Å². The molecule has 0 fully saturated rings.